The second-order valence-electron chi connectivity index (χ2n) is 3.13. The van der Waals surface area contributed by atoms with Gasteiger partial charge in [-0.1, -0.05) is 0 Å². The predicted octanol–water partition coefficient (Wildman–Crippen LogP) is 0.280. The van der Waals surface area contributed by atoms with Gasteiger partial charge >= 0.3 is 5.97 Å². The lowest BCUT2D eigenvalue weighted by molar-refractivity contribution is -0.146. The van der Waals surface area contributed by atoms with Crippen LogP contribution in [0.1, 0.15) is 26.7 Å². The van der Waals surface area contributed by atoms with E-state index in [9.17, 15) is 14.7 Å². The zero-order chi connectivity index (χ0) is 9.78. The van der Waals surface area contributed by atoms with Gasteiger partial charge < -0.3 is 9.84 Å². The maximum atomic E-state index is 10.7. The van der Waals surface area contributed by atoms with E-state index in [1.54, 1.807) is 0 Å². The van der Waals surface area contributed by atoms with Gasteiger partial charge in [-0.2, -0.15) is 0 Å². The molecule has 0 amide bonds. The third kappa shape index (κ3) is 4.85. The molecule has 0 saturated heterocycles. The van der Waals surface area contributed by atoms with Gasteiger partial charge in [-0.05, 0) is 13.8 Å². The average Bonchev–Trinajstić information content (AvgIpc) is 1.83. The van der Waals surface area contributed by atoms with Crippen LogP contribution in [0.25, 0.3) is 0 Å². The normalized spacial score (nSPS) is 15.0. The molecule has 1 unspecified atom stereocenters. The summed E-state index contributed by atoms with van der Waals surface area (Å²) >= 11 is 0. The van der Waals surface area contributed by atoms with Gasteiger partial charge in [0.25, 0.3) is 0 Å². The van der Waals surface area contributed by atoms with E-state index in [-0.39, 0.29) is 18.6 Å². The van der Waals surface area contributed by atoms with Crippen LogP contribution in [-0.2, 0) is 14.3 Å². The van der Waals surface area contributed by atoms with E-state index in [0.717, 1.165) is 0 Å². The Bertz CT molecular complexity index is 183. The quantitative estimate of drug-likeness (QED) is 0.622. The van der Waals surface area contributed by atoms with Crippen LogP contribution in [0.4, 0.5) is 0 Å². The molecule has 0 heterocycles. The number of carbonyl (C=O) groups excluding carboxylic acids is 2. The van der Waals surface area contributed by atoms with E-state index in [2.05, 4.69) is 4.74 Å². The first-order valence-electron chi connectivity index (χ1n) is 3.66. The summed E-state index contributed by atoms with van der Waals surface area (Å²) in [7, 11) is 1.24. The SMILES string of the molecule is COC(=O)CC(C)(O)CC(C)=O. The number of ketones is 1. The van der Waals surface area contributed by atoms with Crippen LogP contribution in [0.3, 0.4) is 0 Å². The number of carbonyl (C=O) groups is 2. The highest BCUT2D eigenvalue weighted by molar-refractivity contribution is 5.78. The molecule has 0 aliphatic heterocycles. The molecule has 0 aliphatic carbocycles. The molecule has 0 spiro atoms. The van der Waals surface area contributed by atoms with Gasteiger partial charge in [0, 0.05) is 6.42 Å². The second kappa shape index (κ2) is 4.21. The summed E-state index contributed by atoms with van der Waals surface area (Å²) in [5, 5.41) is 9.46. The first kappa shape index (κ1) is 11.1. The van der Waals surface area contributed by atoms with Gasteiger partial charge in [-0.3, -0.25) is 9.59 Å². The third-order valence-corrected chi connectivity index (χ3v) is 1.38. The molecule has 0 radical (unpaired) electrons. The summed E-state index contributed by atoms with van der Waals surface area (Å²) in [6, 6.07) is 0. The van der Waals surface area contributed by atoms with Gasteiger partial charge in [0.15, 0.2) is 0 Å². The van der Waals surface area contributed by atoms with Crippen molar-refractivity contribution in [3.63, 3.8) is 0 Å². The number of hydrogen-bond donors (Lipinski definition) is 1. The van der Waals surface area contributed by atoms with Crippen molar-refractivity contribution in [1.29, 1.82) is 0 Å². The summed E-state index contributed by atoms with van der Waals surface area (Å²) < 4.78 is 4.36. The minimum absolute atomic E-state index is 0.0257. The van der Waals surface area contributed by atoms with E-state index in [1.807, 2.05) is 0 Å². The Morgan fingerprint density at radius 2 is 1.92 bits per heavy atom. The number of ether oxygens (including phenoxy) is 1. The van der Waals surface area contributed by atoms with Crippen molar-refractivity contribution in [1.82, 2.24) is 0 Å². The third-order valence-electron chi connectivity index (χ3n) is 1.38. The van der Waals surface area contributed by atoms with Crippen molar-refractivity contribution in [2.45, 2.75) is 32.3 Å². The Kier molecular flexibility index (Phi) is 3.89. The van der Waals surface area contributed by atoms with Crippen LogP contribution in [-0.4, -0.2) is 29.6 Å². The topological polar surface area (TPSA) is 63.6 Å². The minimum atomic E-state index is -1.28. The van der Waals surface area contributed by atoms with Crippen molar-refractivity contribution in [2.75, 3.05) is 7.11 Å². The Hall–Kier alpha value is -0.900. The molecule has 70 valence electrons. The predicted molar refractivity (Wildman–Crippen MR) is 42.6 cm³/mol. The zero-order valence-corrected chi connectivity index (χ0v) is 7.59. The first-order chi connectivity index (χ1) is 5.37. The summed E-state index contributed by atoms with van der Waals surface area (Å²) in [5.74, 6) is -0.662. The van der Waals surface area contributed by atoms with E-state index in [4.69, 9.17) is 0 Å². The maximum Gasteiger partial charge on any atom is 0.308 e. The van der Waals surface area contributed by atoms with Crippen LogP contribution in [0, 0.1) is 0 Å². The number of rotatable bonds is 4. The minimum Gasteiger partial charge on any atom is -0.469 e. The van der Waals surface area contributed by atoms with Crippen LogP contribution in [0.2, 0.25) is 0 Å². The fraction of sp³-hybridized carbons (Fsp3) is 0.750. The lowest BCUT2D eigenvalue weighted by atomic mass is 9.96. The summed E-state index contributed by atoms with van der Waals surface area (Å²) in [5.41, 5.74) is -1.28. The molecular weight excluding hydrogens is 160 g/mol. The van der Waals surface area contributed by atoms with Crippen LogP contribution in [0.5, 0.6) is 0 Å². The summed E-state index contributed by atoms with van der Waals surface area (Å²) in [6.45, 7) is 2.80. The van der Waals surface area contributed by atoms with Crippen molar-refractivity contribution in [3.05, 3.63) is 0 Å². The van der Waals surface area contributed by atoms with Gasteiger partial charge in [-0.15, -0.1) is 0 Å². The largest absolute Gasteiger partial charge is 0.469 e. The van der Waals surface area contributed by atoms with E-state index in [0.29, 0.717) is 0 Å². The Morgan fingerprint density at radius 3 is 2.25 bits per heavy atom. The van der Waals surface area contributed by atoms with Crippen LogP contribution >= 0.6 is 0 Å². The fourth-order valence-corrected chi connectivity index (χ4v) is 0.982. The van der Waals surface area contributed by atoms with Gasteiger partial charge in [0.05, 0.1) is 19.1 Å². The number of esters is 1. The fourth-order valence-electron chi connectivity index (χ4n) is 0.982. The monoisotopic (exact) mass is 174 g/mol. The highest BCUT2D eigenvalue weighted by Crippen LogP contribution is 2.15. The number of methoxy groups -OCH3 is 1. The molecule has 0 aromatic carbocycles. The van der Waals surface area contributed by atoms with E-state index in [1.165, 1.54) is 21.0 Å². The number of hydrogen-bond acceptors (Lipinski definition) is 4. The maximum absolute atomic E-state index is 10.7. The first-order valence-corrected chi connectivity index (χ1v) is 3.66. The molecular formula is C8H14O4. The number of Topliss-reactive ketones (excluding diaryl/α,β-unsaturated/α-hetero) is 1. The smallest absolute Gasteiger partial charge is 0.308 e. The molecule has 0 bridgehead atoms. The number of aliphatic hydroxyl groups is 1. The molecule has 0 aliphatic rings. The highest BCUT2D eigenvalue weighted by atomic mass is 16.5. The van der Waals surface area contributed by atoms with Crippen molar-refractivity contribution in [3.8, 4) is 0 Å². The van der Waals surface area contributed by atoms with E-state index >= 15 is 0 Å². The standard InChI is InChI=1S/C8H14O4/c1-6(9)4-8(2,11)5-7(10)12-3/h11H,4-5H2,1-3H3. The Balaban J connectivity index is 4.03. The molecule has 0 aromatic rings. The lowest BCUT2D eigenvalue weighted by Gasteiger charge is -2.19. The second-order valence-corrected chi connectivity index (χ2v) is 3.13. The molecule has 0 aromatic heterocycles. The molecule has 1 atom stereocenters. The van der Waals surface area contributed by atoms with Crippen molar-refractivity contribution in [2.24, 2.45) is 0 Å². The van der Waals surface area contributed by atoms with Crippen molar-refractivity contribution >= 4 is 11.8 Å². The highest BCUT2D eigenvalue weighted by Gasteiger charge is 2.26. The molecule has 4 heteroatoms. The molecule has 12 heavy (non-hydrogen) atoms. The summed E-state index contributed by atoms with van der Waals surface area (Å²) in [4.78, 5) is 21.3. The summed E-state index contributed by atoms with van der Waals surface area (Å²) in [6.07, 6.45) is -0.175. The molecule has 1 N–H and O–H groups in total. The molecule has 0 fully saturated rings. The molecule has 0 rings (SSSR count). The zero-order valence-electron chi connectivity index (χ0n) is 7.59. The molecule has 4 nitrogen and oxygen atoms in total. The molecule has 0 saturated carbocycles. The Morgan fingerprint density at radius 1 is 1.42 bits per heavy atom. The van der Waals surface area contributed by atoms with Crippen molar-refractivity contribution < 1.29 is 19.4 Å². The van der Waals surface area contributed by atoms with Gasteiger partial charge in [0.2, 0.25) is 0 Å². The Labute approximate surface area is 71.5 Å². The van der Waals surface area contributed by atoms with Gasteiger partial charge in [0.1, 0.15) is 5.78 Å². The van der Waals surface area contributed by atoms with Crippen LogP contribution in [0.15, 0.2) is 0 Å². The van der Waals surface area contributed by atoms with Crippen LogP contribution < -0.4 is 0 Å². The van der Waals surface area contributed by atoms with E-state index < -0.39 is 11.6 Å². The lowest BCUT2D eigenvalue weighted by Crippen LogP contribution is -2.30. The average molecular weight is 174 g/mol. The van der Waals surface area contributed by atoms with Gasteiger partial charge in [-0.25, -0.2) is 0 Å².